The Morgan fingerprint density at radius 2 is 2.17 bits per heavy atom. The predicted molar refractivity (Wildman–Crippen MR) is 68.0 cm³/mol. The third kappa shape index (κ3) is 2.38. The van der Waals surface area contributed by atoms with Crippen molar-refractivity contribution < 1.29 is 13.9 Å². The van der Waals surface area contributed by atoms with Crippen LogP contribution in [0.2, 0.25) is 0 Å². The Kier molecular flexibility index (Phi) is 3.67. The molecule has 0 spiro atoms. The van der Waals surface area contributed by atoms with E-state index in [2.05, 4.69) is 0 Å². The first kappa shape index (κ1) is 12.6. The number of rotatable bonds is 3. The monoisotopic (exact) mass is 266 g/mol. The predicted octanol–water partition coefficient (Wildman–Crippen LogP) is 2.71. The van der Waals surface area contributed by atoms with Crippen LogP contribution in [0.4, 0.5) is 0 Å². The largest absolute Gasteiger partial charge is 0.462 e. The Morgan fingerprint density at radius 3 is 2.83 bits per heavy atom. The summed E-state index contributed by atoms with van der Waals surface area (Å²) in [7, 11) is 0. The number of benzene rings is 1. The second-order valence-electron chi connectivity index (χ2n) is 3.67. The molecule has 0 saturated heterocycles. The summed E-state index contributed by atoms with van der Waals surface area (Å²) in [6.07, 6.45) is 0. The molecule has 18 heavy (non-hydrogen) atoms. The molecule has 0 amide bonds. The minimum atomic E-state index is -0.695. The smallest absolute Gasteiger partial charge is 0.351 e. The van der Waals surface area contributed by atoms with Gasteiger partial charge in [-0.25, -0.2) is 9.59 Å². The summed E-state index contributed by atoms with van der Waals surface area (Å²) in [6.45, 7) is 1.88. The molecule has 0 fully saturated rings. The normalized spacial score (nSPS) is 10.6. The van der Waals surface area contributed by atoms with Crippen LogP contribution in [0.25, 0.3) is 11.0 Å². The summed E-state index contributed by atoms with van der Waals surface area (Å²) >= 11 is 5.73. The standard InChI is InChI=1S/C13H11ClO4/c1-2-17-12(15)10-6-9-5-8(7-14)3-4-11(9)18-13(10)16/h3-6H,2,7H2,1H3. The number of carbonyl (C=O) groups is 1. The molecule has 0 aliphatic rings. The molecule has 0 aliphatic carbocycles. The maximum Gasteiger partial charge on any atom is 0.351 e. The van der Waals surface area contributed by atoms with Gasteiger partial charge in [-0.05, 0) is 30.7 Å². The fourth-order valence-electron chi connectivity index (χ4n) is 1.61. The number of hydrogen-bond acceptors (Lipinski definition) is 4. The van der Waals surface area contributed by atoms with Gasteiger partial charge in [0.2, 0.25) is 0 Å². The van der Waals surface area contributed by atoms with Gasteiger partial charge in [0.05, 0.1) is 6.61 Å². The molecule has 1 heterocycles. The molecule has 4 nitrogen and oxygen atoms in total. The summed E-state index contributed by atoms with van der Waals surface area (Å²) in [5, 5.41) is 0.649. The zero-order chi connectivity index (χ0) is 13.1. The average molecular weight is 267 g/mol. The Morgan fingerprint density at radius 1 is 1.39 bits per heavy atom. The first-order valence-corrected chi connectivity index (χ1v) is 5.99. The van der Waals surface area contributed by atoms with Gasteiger partial charge in [0, 0.05) is 11.3 Å². The van der Waals surface area contributed by atoms with Crippen LogP contribution in [0.1, 0.15) is 22.8 Å². The number of esters is 1. The SMILES string of the molecule is CCOC(=O)c1cc2cc(CCl)ccc2oc1=O. The third-order valence-electron chi connectivity index (χ3n) is 2.45. The quantitative estimate of drug-likeness (QED) is 0.487. The number of carbonyl (C=O) groups excluding carboxylic acids is 1. The number of alkyl halides is 1. The van der Waals surface area contributed by atoms with Crippen LogP contribution in [0, 0.1) is 0 Å². The molecule has 0 N–H and O–H groups in total. The van der Waals surface area contributed by atoms with Gasteiger partial charge in [-0.1, -0.05) is 6.07 Å². The summed E-state index contributed by atoms with van der Waals surface area (Å²) in [5.74, 6) is -0.325. The van der Waals surface area contributed by atoms with Crippen LogP contribution in [0.15, 0.2) is 33.5 Å². The van der Waals surface area contributed by atoms with Crippen molar-refractivity contribution in [3.8, 4) is 0 Å². The fraction of sp³-hybridized carbons (Fsp3) is 0.231. The van der Waals surface area contributed by atoms with Crippen molar-refractivity contribution in [3.05, 3.63) is 45.8 Å². The van der Waals surface area contributed by atoms with E-state index in [1.54, 1.807) is 25.1 Å². The van der Waals surface area contributed by atoms with E-state index in [1.165, 1.54) is 6.07 Å². The van der Waals surface area contributed by atoms with Gasteiger partial charge in [-0.3, -0.25) is 0 Å². The highest BCUT2D eigenvalue weighted by Crippen LogP contribution is 2.17. The van der Waals surface area contributed by atoms with Crippen LogP contribution < -0.4 is 5.63 Å². The summed E-state index contributed by atoms with van der Waals surface area (Å²) < 4.78 is 9.85. The molecule has 0 radical (unpaired) electrons. The molecule has 1 aromatic carbocycles. The molecule has 0 unspecified atom stereocenters. The van der Waals surface area contributed by atoms with E-state index in [9.17, 15) is 9.59 Å². The lowest BCUT2D eigenvalue weighted by molar-refractivity contribution is 0.0522. The van der Waals surface area contributed by atoms with Crippen LogP contribution in [0.5, 0.6) is 0 Å². The average Bonchev–Trinajstić information content (AvgIpc) is 2.37. The molecular formula is C13H11ClO4. The number of halogens is 1. The Bertz CT molecular complexity index is 645. The third-order valence-corrected chi connectivity index (χ3v) is 2.75. The van der Waals surface area contributed by atoms with Gasteiger partial charge >= 0.3 is 11.6 Å². The molecule has 0 atom stereocenters. The highest BCUT2D eigenvalue weighted by Gasteiger charge is 2.14. The second-order valence-corrected chi connectivity index (χ2v) is 3.94. The van der Waals surface area contributed by atoms with E-state index in [0.717, 1.165) is 5.56 Å². The van der Waals surface area contributed by atoms with Gasteiger partial charge in [0.25, 0.3) is 0 Å². The molecular weight excluding hydrogens is 256 g/mol. The lowest BCUT2D eigenvalue weighted by Crippen LogP contribution is -2.16. The lowest BCUT2D eigenvalue weighted by atomic mass is 10.1. The van der Waals surface area contributed by atoms with Crippen molar-refractivity contribution >= 4 is 28.5 Å². The van der Waals surface area contributed by atoms with Crippen LogP contribution in [0.3, 0.4) is 0 Å². The van der Waals surface area contributed by atoms with Crippen LogP contribution >= 0.6 is 11.6 Å². The molecule has 0 saturated carbocycles. The molecule has 0 bridgehead atoms. The minimum absolute atomic E-state index is 0.101. The van der Waals surface area contributed by atoms with E-state index < -0.39 is 11.6 Å². The topological polar surface area (TPSA) is 56.5 Å². The van der Waals surface area contributed by atoms with E-state index in [0.29, 0.717) is 16.8 Å². The van der Waals surface area contributed by atoms with Crippen LogP contribution in [-0.2, 0) is 10.6 Å². The van der Waals surface area contributed by atoms with Gasteiger partial charge in [-0.2, -0.15) is 0 Å². The van der Waals surface area contributed by atoms with Gasteiger partial charge in [-0.15, -0.1) is 11.6 Å². The van der Waals surface area contributed by atoms with Crippen molar-refractivity contribution in [2.75, 3.05) is 6.61 Å². The maximum absolute atomic E-state index is 11.6. The van der Waals surface area contributed by atoms with E-state index in [-0.39, 0.29) is 12.2 Å². The molecule has 2 aromatic rings. The maximum atomic E-state index is 11.6. The molecule has 5 heteroatoms. The highest BCUT2D eigenvalue weighted by molar-refractivity contribution is 6.17. The lowest BCUT2D eigenvalue weighted by Gasteiger charge is -2.03. The van der Waals surface area contributed by atoms with Crippen molar-refractivity contribution in [3.63, 3.8) is 0 Å². The van der Waals surface area contributed by atoms with E-state index >= 15 is 0 Å². The van der Waals surface area contributed by atoms with Gasteiger partial charge in [0.1, 0.15) is 11.1 Å². The Hall–Kier alpha value is -1.81. The summed E-state index contributed by atoms with van der Waals surface area (Å²) in [4.78, 5) is 23.2. The van der Waals surface area contributed by atoms with E-state index in [4.69, 9.17) is 20.8 Å². The minimum Gasteiger partial charge on any atom is -0.462 e. The molecule has 0 aliphatic heterocycles. The highest BCUT2D eigenvalue weighted by atomic mass is 35.5. The Labute approximate surface area is 108 Å². The fourth-order valence-corrected chi connectivity index (χ4v) is 1.77. The first-order chi connectivity index (χ1) is 8.65. The van der Waals surface area contributed by atoms with Crippen molar-refractivity contribution in [2.45, 2.75) is 12.8 Å². The number of hydrogen-bond donors (Lipinski definition) is 0. The molecule has 1 aromatic heterocycles. The van der Waals surface area contributed by atoms with Gasteiger partial charge < -0.3 is 9.15 Å². The Balaban J connectivity index is 2.58. The zero-order valence-corrected chi connectivity index (χ0v) is 10.5. The zero-order valence-electron chi connectivity index (χ0n) is 9.73. The second kappa shape index (κ2) is 5.23. The molecule has 2 rings (SSSR count). The van der Waals surface area contributed by atoms with Crippen molar-refractivity contribution in [1.29, 1.82) is 0 Å². The molecule has 94 valence electrons. The van der Waals surface area contributed by atoms with E-state index in [1.807, 2.05) is 0 Å². The van der Waals surface area contributed by atoms with Gasteiger partial charge in [0.15, 0.2) is 0 Å². The van der Waals surface area contributed by atoms with Crippen LogP contribution in [-0.4, -0.2) is 12.6 Å². The number of ether oxygens (including phenoxy) is 1. The number of fused-ring (bicyclic) bond motifs is 1. The van der Waals surface area contributed by atoms with Crippen molar-refractivity contribution in [1.82, 2.24) is 0 Å². The van der Waals surface area contributed by atoms with Crippen molar-refractivity contribution in [2.24, 2.45) is 0 Å². The summed E-state index contributed by atoms with van der Waals surface area (Å²) in [6, 6.07) is 6.66. The first-order valence-electron chi connectivity index (χ1n) is 5.45. The summed E-state index contributed by atoms with van der Waals surface area (Å²) in [5.41, 5.74) is 0.505.